The zero-order valence-electron chi connectivity index (χ0n) is 5.74. The number of aromatic nitrogens is 2. The second-order valence-electron chi connectivity index (χ2n) is 1.71. The molecule has 2 N–H and O–H groups in total. The molecule has 0 bridgehead atoms. The molecular formula is C6H9N3S. The topological polar surface area (TPSA) is 51.8 Å². The van der Waals surface area contributed by atoms with Gasteiger partial charge in [-0.05, 0) is 5.75 Å². The molecule has 10 heavy (non-hydrogen) atoms. The fourth-order valence-electron chi connectivity index (χ4n) is 0.549. The van der Waals surface area contributed by atoms with E-state index >= 15 is 0 Å². The Morgan fingerprint density at radius 2 is 2.30 bits per heavy atom. The fourth-order valence-corrected chi connectivity index (χ4v) is 1.10. The van der Waals surface area contributed by atoms with E-state index in [9.17, 15) is 0 Å². The lowest BCUT2D eigenvalue weighted by molar-refractivity contribution is 1.06. The summed E-state index contributed by atoms with van der Waals surface area (Å²) in [6, 6.07) is 0. The van der Waals surface area contributed by atoms with E-state index in [1.54, 1.807) is 24.2 Å². The molecule has 0 aliphatic heterocycles. The molecule has 0 fully saturated rings. The van der Waals surface area contributed by atoms with Crippen LogP contribution < -0.4 is 5.73 Å². The average Bonchev–Trinajstić information content (AvgIpc) is 1.95. The summed E-state index contributed by atoms with van der Waals surface area (Å²) in [5.41, 5.74) is 5.34. The summed E-state index contributed by atoms with van der Waals surface area (Å²) in [5.74, 6) is 1.49. The van der Waals surface area contributed by atoms with Crippen molar-refractivity contribution in [3.05, 3.63) is 12.4 Å². The lowest BCUT2D eigenvalue weighted by atomic mass is 10.7. The van der Waals surface area contributed by atoms with Crippen LogP contribution in [-0.4, -0.2) is 15.7 Å². The van der Waals surface area contributed by atoms with Crippen molar-refractivity contribution in [1.29, 1.82) is 0 Å². The monoisotopic (exact) mass is 155 g/mol. The van der Waals surface area contributed by atoms with Crippen LogP contribution in [0.5, 0.6) is 0 Å². The van der Waals surface area contributed by atoms with Gasteiger partial charge >= 0.3 is 0 Å². The van der Waals surface area contributed by atoms with Gasteiger partial charge in [-0.3, -0.25) is 0 Å². The van der Waals surface area contributed by atoms with Gasteiger partial charge in [0.05, 0.1) is 12.4 Å². The van der Waals surface area contributed by atoms with Crippen LogP contribution in [0.15, 0.2) is 17.4 Å². The quantitative estimate of drug-likeness (QED) is 0.651. The van der Waals surface area contributed by atoms with Gasteiger partial charge < -0.3 is 5.73 Å². The first-order chi connectivity index (χ1) is 4.83. The van der Waals surface area contributed by atoms with Crippen LogP contribution in [0, 0.1) is 0 Å². The van der Waals surface area contributed by atoms with E-state index in [0.29, 0.717) is 5.82 Å². The minimum atomic E-state index is 0.473. The smallest absolute Gasteiger partial charge is 0.141 e. The third-order valence-corrected chi connectivity index (χ3v) is 1.74. The number of nitrogens with two attached hydrogens (primary N) is 1. The molecule has 1 aromatic heterocycles. The van der Waals surface area contributed by atoms with Gasteiger partial charge in [0.2, 0.25) is 0 Å². The summed E-state index contributed by atoms with van der Waals surface area (Å²) in [6.07, 6.45) is 3.25. The van der Waals surface area contributed by atoms with Gasteiger partial charge in [-0.15, -0.1) is 11.8 Å². The summed E-state index contributed by atoms with van der Waals surface area (Å²) < 4.78 is 0. The molecule has 1 aromatic rings. The Morgan fingerprint density at radius 1 is 1.50 bits per heavy atom. The molecule has 0 aliphatic carbocycles. The first-order valence-electron chi connectivity index (χ1n) is 3.03. The van der Waals surface area contributed by atoms with Crippen molar-refractivity contribution in [1.82, 2.24) is 9.97 Å². The highest BCUT2D eigenvalue weighted by Crippen LogP contribution is 2.12. The lowest BCUT2D eigenvalue weighted by Gasteiger charge is -1.94. The molecule has 0 atom stereocenters. The second-order valence-corrected chi connectivity index (χ2v) is 3.00. The Hall–Kier alpha value is -0.770. The second kappa shape index (κ2) is 3.41. The molecular weight excluding hydrogens is 146 g/mol. The zero-order chi connectivity index (χ0) is 7.40. The average molecular weight is 155 g/mol. The van der Waals surface area contributed by atoms with Crippen LogP contribution in [0.2, 0.25) is 0 Å². The van der Waals surface area contributed by atoms with Crippen molar-refractivity contribution in [2.45, 2.75) is 11.9 Å². The summed E-state index contributed by atoms with van der Waals surface area (Å²) in [4.78, 5) is 7.94. The normalized spacial score (nSPS) is 9.70. The number of anilines is 1. The van der Waals surface area contributed by atoms with Crippen LogP contribution >= 0.6 is 11.8 Å². The summed E-state index contributed by atoms with van der Waals surface area (Å²) in [6.45, 7) is 2.07. The number of nitrogens with zero attached hydrogens (tertiary/aromatic N) is 2. The van der Waals surface area contributed by atoms with Crippen LogP contribution in [0.1, 0.15) is 6.92 Å². The molecule has 0 saturated heterocycles. The lowest BCUT2D eigenvalue weighted by Crippen LogP contribution is -1.91. The van der Waals surface area contributed by atoms with E-state index in [1.165, 1.54) is 0 Å². The third kappa shape index (κ3) is 1.88. The zero-order valence-corrected chi connectivity index (χ0v) is 6.56. The molecule has 0 aliphatic rings. The van der Waals surface area contributed by atoms with Crippen molar-refractivity contribution in [2.75, 3.05) is 11.5 Å². The highest BCUT2D eigenvalue weighted by Gasteiger charge is 1.91. The van der Waals surface area contributed by atoms with Crippen molar-refractivity contribution < 1.29 is 0 Å². The Kier molecular flexibility index (Phi) is 2.50. The standard InChI is InChI=1S/C6H9N3S/c1-2-10-6-4-8-5(7)3-9-6/h3-4H,2H2,1H3,(H2,7,8). The number of hydrogen-bond acceptors (Lipinski definition) is 4. The van der Waals surface area contributed by atoms with Gasteiger partial charge in [0.25, 0.3) is 0 Å². The first-order valence-corrected chi connectivity index (χ1v) is 4.02. The molecule has 0 radical (unpaired) electrons. The van der Waals surface area contributed by atoms with Gasteiger partial charge in [0, 0.05) is 0 Å². The predicted octanol–water partition coefficient (Wildman–Crippen LogP) is 1.17. The Labute approximate surface area is 64.1 Å². The molecule has 3 nitrogen and oxygen atoms in total. The van der Waals surface area contributed by atoms with E-state index in [-0.39, 0.29) is 0 Å². The summed E-state index contributed by atoms with van der Waals surface area (Å²) in [5, 5.41) is 0.928. The molecule has 1 heterocycles. The van der Waals surface area contributed by atoms with E-state index in [4.69, 9.17) is 5.73 Å². The molecule has 54 valence electrons. The predicted molar refractivity (Wildman–Crippen MR) is 42.8 cm³/mol. The van der Waals surface area contributed by atoms with E-state index in [2.05, 4.69) is 16.9 Å². The Balaban J connectivity index is 2.69. The maximum Gasteiger partial charge on any atom is 0.141 e. The van der Waals surface area contributed by atoms with Gasteiger partial charge in [-0.1, -0.05) is 6.92 Å². The van der Waals surface area contributed by atoms with Crippen LogP contribution in [0.4, 0.5) is 5.82 Å². The van der Waals surface area contributed by atoms with Gasteiger partial charge in [-0.25, -0.2) is 9.97 Å². The van der Waals surface area contributed by atoms with Crippen LogP contribution in [0.25, 0.3) is 0 Å². The van der Waals surface area contributed by atoms with Crippen molar-refractivity contribution >= 4 is 17.6 Å². The van der Waals surface area contributed by atoms with Gasteiger partial charge in [0.1, 0.15) is 10.8 Å². The number of hydrogen-bond donors (Lipinski definition) is 1. The molecule has 0 aromatic carbocycles. The SMILES string of the molecule is CCSc1cnc(N)cn1. The van der Waals surface area contributed by atoms with Gasteiger partial charge in [-0.2, -0.15) is 0 Å². The Morgan fingerprint density at radius 3 is 2.80 bits per heavy atom. The molecule has 0 amide bonds. The van der Waals surface area contributed by atoms with Crippen molar-refractivity contribution in [3.63, 3.8) is 0 Å². The van der Waals surface area contributed by atoms with Gasteiger partial charge in [0.15, 0.2) is 0 Å². The van der Waals surface area contributed by atoms with E-state index in [1.807, 2.05) is 0 Å². The molecule has 0 saturated carbocycles. The highest BCUT2D eigenvalue weighted by atomic mass is 32.2. The third-order valence-electron chi connectivity index (χ3n) is 0.940. The van der Waals surface area contributed by atoms with E-state index < -0.39 is 0 Å². The number of nitrogen functional groups attached to an aromatic ring is 1. The van der Waals surface area contributed by atoms with E-state index in [0.717, 1.165) is 10.8 Å². The van der Waals surface area contributed by atoms with Crippen molar-refractivity contribution in [3.8, 4) is 0 Å². The largest absolute Gasteiger partial charge is 0.382 e. The highest BCUT2D eigenvalue weighted by molar-refractivity contribution is 7.99. The molecule has 0 spiro atoms. The summed E-state index contributed by atoms with van der Waals surface area (Å²) in [7, 11) is 0. The number of rotatable bonds is 2. The maximum absolute atomic E-state index is 5.34. The van der Waals surface area contributed by atoms with Crippen molar-refractivity contribution in [2.24, 2.45) is 0 Å². The Bertz CT molecular complexity index is 197. The molecule has 1 rings (SSSR count). The number of thioether (sulfide) groups is 1. The first kappa shape index (κ1) is 7.34. The minimum absolute atomic E-state index is 0.473. The minimum Gasteiger partial charge on any atom is -0.382 e. The molecule has 0 unspecified atom stereocenters. The van der Waals surface area contributed by atoms with Crippen LogP contribution in [0.3, 0.4) is 0 Å². The van der Waals surface area contributed by atoms with Crippen LogP contribution in [-0.2, 0) is 0 Å². The summed E-state index contributed by atoms with van der Waals surface area (Å²) >= 11 is 1.65. The fraction of sp³-hybridized carbons (Fsp3) is 0.333. The molecule has 4 heteroatoms. The maximum atomic E-state index is 5.34.